The summed E-state index contributed by atoms with van der Waals surface area (Å²) in [5, 5.41) is 0. The molecule has 0 saturated carbocycles. The standard InChI is InChI=1S/C11H15O2P/c1-7-5-8(2)10(9(3)6-7)11(12)14(4)13/h5-6,13H,1-4H3. The van der Waals surface area contributed by atoms with E-state index < -0.39 is 8.15 Å². The molecule has 1 atom stereocenters. The van der Waals surface area contributed by atoms with Gasteiger partial charge in [0.25, 0.3) is 0 Å². The molecule has 0 radical (unpaired) electrons. The zero-order chi connectivity index (χ0) is 10.9. The van der Waals surface area contributed by atoms with E-state index in [4.69, 9.17) is 0 Å². The Labute approximate surface area is 85.8 Å². The second-order valence-electron chi connectivity index (χ2n) is 3.60. The molecule has 0 heterocycles. The number of carbonyl (C=O) groups is 1. The van der Waals surface area contributed by atoms with Crippen LogP contribution in [0.1, 0.15) is 27.0 Å². The van der Waals surface area contributed by atoms with E-state index in [-0.39, 0.29) is 5.52 Å². The number of aryl methyl sites for hydroxylation is 3. The van der Waals surface area contributed by atoms with Gasteiger partial charge in [-0.15, -0.1) is 0 Å². The average molecular weight is 210 g/mol. The summed E-state index contributed by atoms with van der Waals surface area (Å²) < 4.78 is 0. The molecule has 0 aliphatic heterocycles. The van der Waals surface area contributed by atoms with Crippen molar-refractivity contribution in [1.82, 2.24) is 0 Å². The van der Waals surface area contributed by atoms with Gasteiger partial charge in [-0.2, -0.15) is 0 Å². The monoisotopic (exact) mass is 210 g/mol. The Morgan fingerprint density at radius 2 is 1.64 bits per heavy atom. The first-order valence-electron chi connectivity index (χ1n) is 4.48. The molecule has 1 unspecified atom stereocenters. The highest BCUT2D eigenvalue weighted by atomic mass is 31.1. The molecule has 0 aliphatic rings. The molecule has 0 aliphatic carbocycles. The van der Waals surface area contributed by atoms with Crippen molar-refractivity contribution < 1.29 is 9.69 Å². The van der Waals surface area contributed by atoms with Crippen molar-refractivity contribution >= 4 is 13.7 Å². The summed E-state index contributed by atoms with van der Waals surface area (Å²) in [7, 11) is -1.52. The first kappa shape index (κ1) is 11.4. The molecule has 0 bridgehead atoms. The van der Waals surface area contributed by atoms with Crippen molar-refractivity contribution in [3.8, 4) is 0 Å². The SMILES string of the molecule is Cc1cc(C)c(C(=O)P(C)O)c(C)c1. The molecule has 1 rings (SSSR count). The molecular weight excluding hydrogens is 195 g/mol. The Bertz CT molecular complexity index is 347. The predicted molar refractivity (Wildman–Crippen MR) is 60.0 cm³/mol. The normalized spacial score (nSPS) is 12.6. The summed E-state index contributed by atoms with van der Waals surface area (Å²) in [6.45, 7) is 7.39. The van der Waals surface area contributed by atoms with Crippen molar-refractivity contribution in [3.63, 3.8) is 0 Å². The summed E-state index contributed by atoms with van der Waals surface area (Å²) in [5.74, 6) is 0. The zero-order valence-electron chi connectivity index (χ0n) is 8.96. The van der Waals surface area contributed by atoms with E-state index in [1.54, 1.807) is 6.66 Å². The van der Waals surface area contributed by atoms with Gasteiger partial charge in [0.2, 0.25) is 5.52 Å². The fourth-order valence-corrected chi connectivity index (χ4v) is 2.36. The van der Waals surface area contributed by atoms with Gasteiger partial charge in [0, 0.05) is 5.56 Å². The Kier molecular flexibility index (Phi) is 3.41. The fraction of sp³-hybridized carbons (Fsp3) is 0.364. The summed E-state index contributed by atoms with van der Waals surface area (Å²) in [6.07, 6.45) is 0. The van der Waals surface area contributed by atoms with Crippen LogP contribution in [0.4, 0.5) is 0 Å². The van der Waals surface area contributed by atoms with Crippen molar-refractivity contribution in [2.75, 3.05) is 6.66 Å². The minimum atomic E-state index is -1.52. The molecule has 1 aromatic rings. The van der Waals surface area contributed by atoms with E-state index in [0.29, 0.717) is 5.56 Å². The van der Waals surface area contributed by atoms with Crippen molar-refractivity contribution in [1.29, 1.82) is 0 Å². The topological polar surface area (TPSA) is 37.3 Å². The van der Waals surface area contributed by atoms with E-state index in [2.05, 4.69) is 0 Å². The van der Waals surface area contributed by atoms with Crippen LogP contribution in [-0.2, 0) is 0 Å². The van der Waals surface area contributed by atoms with Crippen LogP contribution in [-0.4, -0.2) is 17.1 Å². The highest BCUT2D eigenvalue weighted by Crippen LogP contribution is 2.33. The van der Waals surface area contributed by atoms with Gasteiger partial charge in [-0.25, -0.2) is 0 Å². The zero-order valence-corrected chi connectivity index (χ0v) is 9.85. The van der Waals surface area contributed by atoms with Crippen LogP contribution in [0.25, 0.3) is 0 Å². The lowest BCUT2D eigenvalue weighted by molar-refractivity contribution is 0.107. The minimum Gasteiger partial charge on any atom is -0.366 e. The molecule has 76 valence electrons. The maximum Gasteiger partial charge on any atom is 0.211 e. The van der Waals surface area contributed by atoms with Gasteiger partial charge >= 0.3 is 0 Å². The Morgan fingerprint density at radius 3 is 2.00 bits per heavy atom. The van der Waals surface area contributed by atoms with E-state index in [1.807, 2.05) is 32.9 Å². The van der Waals surface area contributed by atoms with Crippen LogP contribution < -0.4 is 0 Å². The number of hydrogen-bond donors (Lipinski definition) is 1. The first-order chi connectivity index (χ1) is 6.43. The molecule has 14 heavy (non-hydrogen) atoms. The van der Waals surface area contributed by atoms with Gasteiger partial charge < -0.3 is 4.89 Å². The van der Waals surface area contributed by atoms with Crippen molar-refractivity contribution in [2.45, 2.75) is 20.8 Å². The van der Waals surface area contributed by atoms with Crippen LogP contribution in [0.2, 0.25) is 0 Å². The Morgan fingerprint density at radius 1 is 1.21 bits per heavy atom. The fourth-order valence-electron chi connectivity index (χ4n) is 1.68. The van der Waals surface area contributed by atoms with Gasteiger partial charge in [-0.3, -0.25) is 4.79 Å². The molecule has 0 fully saturated rings. The number of hydrogen-bond acceptors (Lipinski definition) is 2. The van der Waals surface area contributed by atoms with Crippen LogP contribution in [0.3, 0.4) is 0 Å². The summed E-state index contributed by atoms with van der Waals surface area (Å²) in [6, 6.07) is 3.94. The molecular formula is C11H15O2P. The molecule has 0 spiro atoms. The van der Waals surface area contributed by atoms with Gasteiger partial charge in [0.05, 0.1) is 8.15 Å². The number of carbonyl (C=O) groups excluding carboxylic acids is 1. The number of rotatable bonds is 2. The quantitative estimate of drug-likeness (QED) is 0.762. The van der Waals surface area contributed by atoms with Crippen LogP contribution in [0.5, 0.6) is 0 Å². The maximum atomic E-state index is 11.7. The minimum absolute atomic E-state index is 0.130. The van der Waals surface area contributed by atoms with E-state index >= 15 is 0 Å². The molecule has 2 nitrogen and oxygen atoms in total. The average Bonchev–Trinajstić information content (AvgIpc) is 2.01. The largest absolute Gasteiger partial charge is 0.366 e. The summed E-state index contributed by atoms with van der Waals surface area (Å²) >= 11 is 0. The van der Waals surface area contributed by atoms with Crippen molar-refractivity contribution in [3.05, 3.63) is 34.4 Å². The molecule has 3 heteroatoms. The Balaban J connectivity index is 3.28. The number of benzene rings is 1. The second kappa shape index (κ2) is 4.20. The van der Waals surface area contributed by atoms with Gasteiger partial charge in [-0.05, 0) is 38.6 Å². The molecule has 0 saturated heterocycles. The third-order valence-corrected chi connectivity index (χ3v) is 3.00. The first-order valence-corrected chi connectivity index (χ1v) is 6.22. The third kappa shape index (κ3) is 2.20. The molecule has 0 aromatic heterocycles. The van der Waals surface area contributed by atoms with Gasteiger partial charge in [0.1, 0.15) is 0 Å². The summed E-state index contributed by atoms with van der Waals surface area (Å²) in [5.41, 5.74) is 3.61. The van der Waals surface area contributed by atoms with Crippen LogP contribution >= 0.6 is 8.15 Å². The lowest BCUT2D eigenvalue weighted by Crippen LogP contribution is -2.02. The van der Waals surface area contributed by atoms with Gasteiger partial charge in [-0.1, -0.05) is 17.7 Å². The maximum absolute atomic E-state index is 11.7. The van der Waals surface area contributed by atoms with Gasteiger partial charge in [0.15, 0.2) is 0 Å². The van der Waals surface area contributed by atoms with Crippen molar-refractivity contribution in [2.24, 2.45) is 0 Å². The lowest BCUT2D eigenvalue weighted by Gasteiger charge is -2.11. The van der Waals surface area contributed by atoms with E-state index in [1.165, 1.54) is 0 Å². The molecule has 1 aromatic carbocycles. The lowest BCUT2D eigenvalue weighted by atomic mass is 10.0. The smallest absolute Gasteiger partial charge is 0.211 e. The highest BCUT2D eigenvalue weighted by molar-refractivity contribution is 7.69. The molecule has 1 N–H and O–H groups in total. The molecule has 0 amide bonds. The van der Waals surface area contributed by atoms with Crippen LogP contribution in [0, 0.1) is 20.8 Å². The van der Waals surface area contributed by atoms with E-state index in [9.17, 15) is 9.69 Å². The second-order valence-corrected chi connectivity index (χ2v) is 5.06. The third-order valence-electron chi connectivity index (χ3n) is 2.18. The predicted octanol–water partition coefficient (Wildman–Crippen LogP) is 2.77. The van der Waals surface area contributed by atoms with E-state index in [0.717, 1.165) is 16.7 Å². The summed E-state index contributed by atoms with van der Waals surface area (Å²) in [4.78, 5) is 21.0. The Hall–Kier alpha value is -0.720. The van der Waals surface area contributed by atoms with Crippen LogP contribution in [0.15, 0.2) is 12.1 Å². The highest BCUT2D eigenvalue weighted by Gasteiger charge is 2.17.